The van der Waals surface area contributed by atoms with Crippen molar-refractivity contribution in [1.29, 1.82) is 0 Å². The van der Waals surface area contributed by atoms with Crippen molar-refractivity contribution in [3.63, 3.8) is 0 Å². The Bertz CT molecular complexity index is 1100. The molecule has 0 spiro atoms. The molecule has 0 radical (unpaired) electrons. The molecule has 1 amide bonds. The normalized spacial score (nSPS) is 14.6. The van der Waals surface area contributed by atoms with Gasteiger partial charge in [0.05, 0.1) is 13.7 Å². The molecule has 0 aliphatic heterocycles. The minimum Gasteiger partial charge on any atom is -0.497 e. The van der Waals surface area contributed by atoms with E-state index in [-0.39, 0.29) is 23.9 Å². The molecule has 1 aromatic heterocycles. The van der Waals surface area contributed by atoms with Crippen LogP contribution in [0, 0.1) is 12.8 Å². The second-order valence-electron chi connectivity index (χ2n) is 8.17. The number of rotatable bonds is 5. The number of aryl methyl sites for hydroxylation is 1. The lowest BCUT2D eigenvalue weighted by atomic mass is 9.88. The number of anilines is 1. The van der Waals surface area contributed by atoms with Crippen LogP contribution in [-0.4, -0.2) is 18.0 Å². The molecular weight excluding hydrogens is 376 g/mol. The Morgan fingerprint density at radius 1 is 1.07 bits per heavy atom. The fraction of sp³-hybridized carbons (Fsp3) is 0.360. The van der Waals surface area contributed by atoms with E-state index in [1.54, 1.807) is 12.0 Å². The van der Waals surface area contributed by atoms with Crippen molar-refractivity contribution in [3.05, 3.63) is 70.0 Å². The summed E-state index contributed by atoms with van der Waals surface area (Å²) in [5.41, 5.74) is 3.14. The number of nitrogens with one attached hydrogen (secondary N) is 1. The summed E-state index contributed by atoms with van der Waals surface area (Å²) < 4.78 is 5.26. The summed E-state index contributed by atoms with van der Waals surface area (Å²) in [4.78, 5) is 31.0. The lowest BCUT2D eigenvalue weighted by Gasteiger charge is -2.29. The highest BCUT2D eigenvalue weighted by Gasteiger charge is 2.27. The third-order valence-corrected chi connectivity index (χ3v) is 6.01. The Morgan fingerprint density at radius 3 is 2.50 bits per heavy atom. The van der Waals surface area contributed by atoms with E-state index in [0.29, 0.717) is 5.56 Å². The summed E-state index contributed by atoms with van der Waals surface area (Å²) in [5, 5.41) is 0.968. The van der Waals surface area contributed by atoms with Crippen molar-refractivity contribution in [1.82, 2.24) is 4.98 Å². The molecule has 1 N–H and O–H groups in total. The van der Waals surface area contributed by atoms with Crippen LogP contribution < -0.4 is 15.2 Å². The van der Waals surface area contributed by atoms with Crippen LogP contribution in [0.25, 0.3) is 10.9 Å². The number of pyridine rings is 1. The Balaban J connectivity index is 1.70. The van der Waals surface area contributed by atoms with Crippen molar-refractivity contribution in [2.24, 2.45) is 5.92 Å². The predicted molar refractivity (Wildman–Crippen MR) is 120 cm³/mol. The zero-order chi connectivity index (χ0) is 21.1. The molecule has 1 saturated carbocycles. The largest absolute Gasteiger partial charge is 0.497 e. The first kappa shape index (κ1) is 20.2. The average molecular weight is 405 g/mol. The molecule has 1 aliphatic rings. The van der Waals surface area contributed by atoms with Gasteiger partial charge in [-0.2, -0.15) is 0 Å². The van der Waals surface area contributed by atoms with Crippen molar-refractivity contribution < 1.29 is 9.53 Å². The van der Waals surface area contributed by atoms with Gasteiger partial charge in [-0.25, -0.2) is 0 Å². The molecule has 4 rings (SSSR count). The summed E-state index contributed by atoms with van der Waals surface area (Å²) in [6.45, 7) is 2.25. The van der Waals surface area contributed by atoms with Gasteiger partial charge in [-0.05, 0) is 67.1 Å². The van der Waals surface area contributed by atoms with Crippen molar-refractivity contribution in [3.8, 4) is 5.75 Å². The Labute approximate surface area is 176 Å². The number of carbonyl (C=O) groups excluding carboxylic acids is 1. The van der Waals surface area contributed by atoms with Gasteiger partial charge in [0.1, 0.15) is 5.75 Å². The lowest BCUT2D eigenvalue weighted by Crippen LogP contribution is -2.38. The van der Waals surface area contributed by atoms with E-state index in [4.69, 9.17) is 4.74 Å². The summed E-state index contributed by atoms with van der Waals surface area (Å²) in [6, 6.07) is 15.4. The van der Waals surface area contributed by atoms with Crippen LogP contribution in [0.2, 0.25) is 0 Å². The number of aromatic amines is 1. The van der Waals surface area contributed by atoms with Gasteiger partial charge >= 0.3 is 0 Å². The maximum absolute atomic E-state index is 13.5. The molecule has 3 aromatic rings. The molecule has 1 aliphatic carbocycles. The minimum atomic E-state index is -0.150. The van der Waals surface area contributed by atoms with Gasteiger partial charge in [0.25, 0.3) is 5.56 Å². The molecule has 0 unspecified atom stereocenters. The molecule has 2 aromatic carbocycles. The van der Waals surface area contributed by atoms with Crippen LogP contribution in [0.3, 0.4) is 0 Å². The van der Waals surface area contributed by atoms with E-state index in [2.05, 4.69) is 4.98 Å². The topological polar surface area (TPSA) is 62.4 Å². The van der Waals surface area contributed by atoms with Gasteiger partial charge in [0, 0.05) is 22.7 Å². The fourth-order valence-corrected chi connectivity index (χ4v) is 4.28. The first-order chi connectivity index (χ1) is 14.5. The number of aromatic nitrogens is 1. The van der Waals surface area contributed by atoms with E-state index < -0.39 is 0 Å². The second-order valence-corrected chi connectivity index (χ2v) is 8.17. The first-order valence-electron chi connectivity index (χ1n) is 10.6. The van der Waals surface area contributed by atoms with Crippen LogP contribution in [0.1, 0.15) is 43.2 Å². The Hall–Kier alpha value is -3.08. The molecule has 30 heavy (non-hydrogen) atoms. The summed E-state index contributed by atoms with van der Waals surface area (Å²) in [7, 11) is 1.62. The van der Waals surface area contributed by atoms with E-state index >= 15 is 0 Å². The highest BCUT2D eigenvalue weighted by Crippen LogP contribution is 2.29. The van der Waals surface area contributed by atoms with Gasteiger partial charge in [-0.1, -0.05) is 31.4 Å². The molecule has 5 heteroatoms. The van der Waals surface area contributed by atoms with Crippen molar-refractivity contribution in [2.75, 3.05) is 12.0 Å². The maximum atomic E-state index is 13.5. The first-order valence-corrected chi connectivity index (χ1v) is 10.6. The third kappa shape index (κ3) is 4.25. The molecule has 156 valence electrons. The summed E-state index contributed by atoms with van der Waals surface area (Å²) in [5.74, 6) is 0.856. The second kappa shape index (κ2) is 8.74. The standard InChI is InChI=1S/C25H28N2O3/c1-17-8-9-19-15-20(24(28)26-23(19)14-17)16-27(21-10-12-22(30-2)13-11-21)25(29)18-6-4-3-5-7-18/h8-15,18H,3-7,16H2,1-2H3,(H,26,28). The number of amides is 1. The SMILES string of the molecule is COc1ccc(N(Cc2cc3ccc(C)cc3[nH]c2=O)C(=O)C2CCCCC2)cc1. The smallest absolute Gasteiger partial charge is 0.253 e. The number of fused-ring (bicyclic) bond motifs is 1. The molecule has 0 bridgehead atoms. The molecule has 0 atom stereocenters. The van der Waals surface area contributed by atoms with Gasteiger partial charge < -0.3 is 14.6 Å². The van der Waals surface area contributed by atoms with Gasteiger partial charge in [0.15, 0.2) is 0 Å². The quantitative estimate of drug-likeness (QED) is 0.654. The van der Waals surface area contributed by atoms with Gasteiger partial charge in [0.2, 0.25) is 5.91 Å². The number of hydrogen-bond acceptors (Lipinski definition) is 3. The van der Waals surface area contributed by atoms with E-state index in [9.17, 15) is 9.59 Å². The number of benzene rings is 2. The summed E-state index contributed by atoms with van der Waals surface area (Å²) in [6.07, 6.45) is 5.19. The predicted octanol–water partition coefficient (Wildman–Crippen LogP) is 4.96. The number of hydrogen-bond donors (Lipinski definition) is 1. The zero-order valence-corrected chi connectivity index (χ0v) is 17.6. The molecule has 0 saturated heterocycles. The molecular formula is C25H28N2O3. The number of ether oxygens (including phenoxy) is 1. The number of H-pyrrole nitrogens is 1. The van der Waals surface area contributed by atoms with Crippen molar-refractivity contribution >= 4 is 22.5 Å². The number of nitrogens with zero attached hydrogens (tertiary/aromatic N) is 1. The van der Waals surface area contributed by atoms with Crippen LogP contribution in [0.15, 0.2) is 53.3 Å². The molecule has 1 heterocycles. The lowest BCUT2D eigenvalue weighted by molar-refractivity contribution is -0.123. The highest BCUT2D eigenvalue weighted by molar-refractivity contribution is 5.95. The third-order valence-electron chi connectivity index (χ3n) is 6.01. The zero-order valence-electron chi connectivity index (χ0n) is 17.6. The average Bonchev–Trinajstić information content (AvgIpc) is 2.78. The number of carbonyl (C=O) groups is 1. The molecule has 5 nitrogen and oxygen atoms in total. The van der Waals surface area contributed by atoms with Crippen LogP contribution in [-0.2, 0) is 11.3 Å². The van der Waals surface area contributed by atoms with E-state index in [1.165, 1.54) is 6.42 Å². The molecule has 1 fully saturated rings. The van der Waals surface area contributed by atoms with Crippen LogP contribution in [0.5, 0.6) is 5.75 Å². The Kier molecular flexibility index (Phi) is 5.88. The van der Waals surface area contributed by atoms with Crippen LogP contribution >= 0.6 is 0 Å². The van der Waals surface area contributed by atoms with E-state index in [1.807, 2.05) is 55.5 Å². The van der Waals surface area contributed by atoms with Gasteiger partial charge in [-0.3, -0.25) is 9.59 Å². The van der Waals surface area contributed by atoms with Crippen LogP contribution in [0.4, 0.5) is 5.69 Å². The maximum Gasteiger partial charge on any atom is 0.253 e. The van der Waals surface area contributed by atoms with Gasteiger partial charge in [-0.15, -0.1) is 0 Å². The summed E-state index contributed by atoms with van der Waals surface area (Å²) >= 11 is 0. The number of methoxy groups -OCH3 is 1. The minimum absolute atomic E-state index is 0.0167. The van der Waals surface area contributed by atoms with Crippen molar-refractivity contribution in [2.45, 2.75) is 45.6 Å². The monoisotopic (exact) mass is 404 g/mol. The highest BCUT2D eigenvalue weighted by atomic mass is 16.5. The van der Waals surface area contributed by atoms with E-state index in [0.717, 1.165) is 53.6 Å². The fourth-order valence-electron chi connectivity index (χ4n) is 4.28. The Morgan fingerprint density at radius 2 is 1.80 bits per heavy atom.